The maximum atomic E-state index is 13.1. The third kappa shape index (κ3) is 3.65. The van der Waals surface area contributed by atoms with E-state index in [1.54, 1.807) is 36.7 Å². The van der Waals surface area contributed by atoms with E-state index in [2.05, 4.69) is 22.2 Å². The van der Waals surface area contributed by atoms with E-state index in [1.807, 2.05) is 0 Å². The van der Waals surface area contributed by atoms with Gasteiger partial charge in [-0.3, -0.25) is 15.1 Å². The molecule has 0 bridgehead atoms. The Kier molecular flexibility index (Phi) is 4.96. The van der Waals surface area contributed by atoms with Crippen LogP contribution in [0.1, 0.15) is 28.6 Å². The fourth-order valence-electron chi connectivity index (χ4n) is 2.31. The first-order valence-electron chi connectivity index (χ1n) is 7.64. The second-order valence-electron chi connectivity index (χ2n) is 5.24. The summed E-state index contributed by atoms with van der Waals surface area (Å²) in [7, 11) is 0. The van der Waals surface area contributed by atoms with E-state index in [9.17, 15) is 9.18 Å². The first-order chi connectivity index (χ1) is 11.7. The van der Waals surface area contributed by atoms with Crippen LogP contribution in [0.3, 0.4) is 0 Å². The highest BCUT2D eigenvalue weighted by Crippen LogP contribution is 2.32. The lowest BCUT2D eigenvalue weighted by Crippen LogP contribution is -2.11. The number of aryl methyl sites for hydroxylation is 1. The predicted octanol–water partition coefficient (Wildman–Crippen LogP) is 4.55. The second-order valence-corrected chi connectivity index (χ2v) is 6.32. The van der Waals surface area contributed by atoms with Crippen LogP contribution >= 0.6 is 11.3 Å². The molecule has 3 aromatic rings. The number of hydrogen-bond donors (Lipinski definition) is 1. The van der Waals surface area contributed by atoms with Crippen LogP contribution in [0.2, 0.25) is 0 Å². The van der Waals surface area contributed by atoms with Gasteiger partial charge >= 0.3 is 0 Å². The number of nitrogens with one attached hydrogen (secondary N) is 1. The van der Waals surface area contributed by atoms with Crippen LogP contribution in [0.25, 0.3) is 11.3 Å². The molecule has 0 aliphatic carbocycles. The molecule has 3 rings (SSSR count). The van der Waals surface area contributed by atoms with Crippen LogP contribution in [-0.2, 0) is 6.42 Å². The van der Waals surface area contributed by atoms with E-state index in [-0.39, 0.29) is 11.7 Å². The fourth-order valence-corrected chi connectivity index (χ4v) is 3.39. The van der Waals surface area contributed by atoms with E-state index < -0.39 is 0 Å². The van der Waals surface area contributed by atoms with E-state index >= 15 is 0 Å². The standard InChI is InChI=1S/C18H16FN3OS/c1-2-3-15-16(12-4-6-14(19)7-5-12)21-18(24-15)22-17(23)13-8-10-20-11-9-13/h4-11H,2-3H2,1H3,(H,21,22,23). The minimum Gasteiger partial charge on any atom is -0.298 e. The summed E-state index contributed by atoms with van der Waals surface area (Å²) in [5, 5.41) is 3.37. The number of aromatic nitrogens is 2. The number of carbonyl (C=O) groups is 1. The lowest BCUT2D eigenvalue weighted by Gasteiger charge is -2.01. The van der Waals surface area contributed by atoms with Gasteiger partial charge in [-0.05, 0) is 42.8 Å². The van der Waals surface area contributed by atoms with Crippen molar-refractivity contribution < 1.29 is 9.18 Å². The average molecular weight is 341 g/mol. The third-order valence-electron chi connectivity index (χ3n) is 3.46. The molecule has 2 aromatic heterocycles. The van der Waals surface area contributed by atoms with Crippen molar-refractivity contribution in [2.24, 2.45) is 0 Å². The van der Waals surface area contributed by atoms with Crippen molar-refractivity contribution in [3.05, 3.63) is 65.0 Å². The number of nitrogens with zero attached hydrogens (tertiary/aromatic N) is 2. The zero-order chi connectivity index (χ0) is 16.9. The molecule has 4 nitrogen and oxygen atoms in total. The van der Waals surface area contributed by atoms with Crippen molar-refractivity contribution in [3.8, 4) is 11.3 Å². The molecular weight excluding hydrogens is 325 g/mol. The Labute approximate surface area is 143 Å². The zero-order valence-corrected chi connectivity index (χ0v) is 13.9. The quantitative estimate of drug-likeness (QED) is 0.741. The SMILES string of the molecule is CCCc1sc(NC(=O)c2ccncc2)nc1-c1ccc(F)cc1. The normalized spacial score (nSPS) is 10.6. The van der Waals surface area contributed by atoms with E-state index in [0.717, 1.165) is 29.0 Å². The van der Waals surface area contributed by atoms with Gasteiger partial charge in [0, 0.05) is 28.4 Å². The van der Waals surface area contributed by atoms with Crippen molar-refractivity contribution in [1.29, 1.82) is 0 Å². The summed E-state index contributed by atoms with van der Waals surface area (Å²) in [5.74, 6) is -0.503. The number of benzene rings is 1. The molecule has 0 atom stereocenters. The van der Waals surface area contributed by atoms with Gasteiger partial charge in [0.05, 0.1) is 5.69 Å². The summed E-state index contributed by atoms with van der Waals surface area (Å²) in [5.41, 5.74) is 2.17. The lowest BCUT2D eigenvalue weighted by atomic mass is 10.1. The third-order valence-corrected chi connectivity index (χ3v) is 4.49. The highest BCUT2D eigenvalue weighted by atomic mass is 32.1. The number of anilines is 1. The molecule has 0 spiro atoms. The summed E-state index contributed by atoms with van der Waals surface area (Å²) in [6.45, 7) is 2.09. The molecule has 0 saturated heterocycles. The van der Waals surface area contributed by atoms with Crippen LogP contribution in [-0.4, -0.2) is 15.9 Å². The summed E-state index contributed by atoms with van der Waals surface area (Å²) in [6, 6.07) is 9.54. The summed E-state index contributed by atoms with van der Waals surface area (Å²) in [6.07, 6.45) is 4.97. The van der Waals surface area contributed by atoms with E-state index in [0.29, 0.717) is 10.7 Å². The molecule has 0 aliphatic rings. The molecule has 122 valence electrons. The summed E-state index contributed by atoms with van der Waals surface area (Å²) in [4.78, 5) is 21.8. The van der Waals surface area contributed by atoms with Crippen molar-refractivity contribution >= 4 is 22.4 Å². The Bertz CT molecular complexity index is 831. The average Bonchev–Trinajstić information content (AvgIpc) is 2.99. The highest BCUT2D eigenvalue weighted by Gasteiger charge is 2.15. The molecule has 0 saturated carbocycles. The van der Waals surface area contributed by atoms with Gasteiger partial charge in [0.15, 0.2) is 5.13 Å². The fraction of sp³-hybridized carbons (Fsp3) is 0.167. The van der Waals surface area contributed by atoms with E-state index in [1.165, 1.54) is 23.5 Å². The van der Waals surface area contributed by atoms with Gasteiger partial charge < -0.3 is 0 Å². The minimum atomic E-state index is -0.280. The van der Waals surface area contributed by atoms with Crippen LogP contribution in [0, 0.1) is 5.82 Å². The maximum absolute atomic E-state index is 13.1. The van der Waals surface area contributed by atoms with Crippen molar-refractivity contribution in [2.45, 2.75) is 19.8 Å². The van der Waals surface area contributed by atoms with Crippen molar-refractivity contribution in [3.63, 3.8) is 0 Å². The molecule has 0 radical (unpaired) electrons. The Morgan fingerprint density at radius 2 is 1.88 bits per heavy atom. The topological polar surface area (TPSA) is 54.9 Å². The number of carbonyl (C=O) groups excluding carboxylic acids is 1. The molecule has 2 heterocycles. The summed E-state index contributed by atoms with van der Waals surface area (Å²) < 4.78 is 13.1. The summed E-state index contributed by atoms with van der Waals surface area (Å²) >= 11 is 1.45. The largest absolute Gasteiger partial charge is 0.298 e. The van der Waals surface area contributed by atoms with Gasteiger partial charge in [-0.15, -0.1) is 11.3 Å². The molecule has 0 aliphatic heterocycles. The number of rotatable bonds is 5. The van der Waals surface area contributed by atoms with E-state index in [4.69, 9.17) is 0 Å². The van der Waals surface area contributed by atoms with Crippen LogP contribution in [0.15, 0.2) is 48.8 Å². The highest BCUT2D eigenvalue weighted by molar-refractivity contribution is 7.16. The molecule has 1 amide bonds. The van der Waals surface area contributed by atoms with Crippen molar-refractivity contribution in [2.75, 3.05) is 5.32 Å². The maximum Gasteiger partial charge on any atom is 0.257 e. The van der Waals surface area contributed by atoms with Gasteiger partial charge in [-0.25, -0.2) is 9.37 Å². The lowest BCUT2D eigenvalue weighted by molar-refractivity contribution is 0.102. The molecule has 1 aromatic carbocycles. The number of pyridine rings is 1. The van der Waals surface area contributed by atoms with Gasteiger partial charge in [0.1, 0.15) is 5.82 Å². The van der Waals surface area contributed by atoms with Crippen LogP contribution < -0.4 is 5.32 Å². The second kappa shape index (κ2) is 7.31. The van der Waals surface area contributed by atoms with Gasteiger partial charge in [-0.1, -0.05) is 13.3 Å². The number of thiazole rings is 1. The monoisotopic (exact) mass is 341 g/mol. The Hall–Kier alpha value is -2.60. The van der Waals surface area contributed by atoms with Gasteiger partial charge in [-0.2, -0.15) is 0 Å². The molecule has 0 fully saturated rings. The molecule has 6 heteroatoms. The predicted molar refractivity (Wildman–Crippen MR) is 93.7 cm³/mol. The van der Waals surface area contributed by atoms with Crippen LogP contribution in [0.5, 0.6) is 0 Å². The Balaban J connectivity index is 1.88. The molecule has 1 N–H and O–H groups in total. The molecule has 0 unspecified atom stereocenters. The Morgan fingerprint density at radius 1 is 1.17 bits per heavy atom. The smallest absolute Gasteiger partial charge is 0.257 e. The van der Waals surface area contributed by atoms with Crippen LogP contribution in [0.4, 0.5) is 9.52 Å². The van der Waals surface area contributed by atoms with Gasteiger partial charge in [0.25, 0.3) is 5.91 Å². The molecular formula is C18H16FN3OS. The van der Waals surface area contributed by atoms with Gasteiger partial charge in [0.2, 0.25) is 0 Å². The first-order valence-corrected chi connectivity index (χ1v) is 8.46. The first kappa shape index (κ1) is 16.3. The zero-order valence-electron chi connectivity index (χ0n) is 13.1. The number of amides is 1. The Morgan fingerprint density at radius 3 is 2.54 bits per heavy atom. The van der Waals surface area contributed by atoms with Crippen molar-refractivity contribution in [1.82, 2.24) is 9.97 Å². The minimum absolute atomic E-state index is 0.222. The number of hydrogen-bond acceptors (Lipinski definition) is 4. The molecule has 24 heavy (non-hydrogen) atoms. The number of halogens is 1.